The molecule has 0 bridgehead atoms. The van der Waals surface area contributed by atoms with Crippen molar-refractivity contribution in [2.75, 3.05) is 0 Å². The normalized spacial score (nSPS) is 13.3. The van der Waals surface area contributed by atoms with E-state index in [0.717, 1.165) is 0 Å². The van der Waals surface area contributed by atoms with Gasteiger partial charge < -0.3 is 10.1 Å². The number of aromatic nitrogens is 4. The molecule has 2 aromatic heterocycles. The number of imidazole rings is 1. The zero-order chi connectivity index (χ0) is 11.2. The topological polar surface area (TPSA) is 104 Å². The van der Waals surface area contributed by atoms with Crippen molar-refractivity contribution in [2.45, 2.75) is 13.0 Å². The van der Waals surface area contributed by atoms with Crippen LogP contribution in [0.25, 0.3) is 11.2 Å². The molecule has 0 radical (unpaired) electrons. The van der Waals surface area contributed by atoms with Gasteiger partial charge in [-0.1, -0.05) is 0 Å². The van der Waals surface area contributed by atoms with Gasteiger partial charge in [-0.2, -0.15) is 0 Å². The third-order valence-electron chi connectivity index (χ3n) is 2.17. The van der Waals surface area contributed by atoms with Crippen LogP contribution >= 0.6 is 0 Å². The third kappa shape index (κ3) is 1.37. The lowest BCUT2D eigenvalue weighted by atomic mass is 10.4. The van der Waals surface area contributed by atoms with Gasteiger partial charge in [-0.15, -0.1) is 0 Å². The Hall–Kier alpha value is -1.89. The van der Waals surface area contributed by atoms with Crippen LogP contribution in [0.4, 0.5) is 0 Å². The molecule has 15 heavy (non-hydrogen) atoms. The number of hydrogen-bond acceptors (Lipinski definition) is 4. The fourth-order valence-electron chi connectivity index (χ4n) is 1.32. The third-order valence-corrected chi connectivity index (χ3v) is 2.17. The molecule has 0 aliphatic carbocycles. The average Bonchev–Trinajstić information content (AvgIpc) is 2.59. The standard InChI is InChI=1S/C8H10N4O3/c1-3(13)5-9-4-6(10-5)12(2)8(15)11-7(4)14/h3,13H,1-2H3,(H,9,10)(H,11,14,15)/t3-/m0/s1. The fraction of sp³-hybridized carbons (Fsp3) is 0.375. The molecule has 0 aromatic carbocycles. The van der Waals surface area contributed by atoms with Gasteiger partial charge in [-0.25, -0.2) is 9.78 Å². The van der Waals surface area contributed by atoms with Gasteiger partial charge >= 0.3 is 5.69 Å². The lowest BCUT2D eigenvalue weighted by molar-refractivity contribution is 0.190. The lowest BCUT2D eigenvalue weighted by Gasteiger charge is -1.95. The highest BCUT2D eigenvalue weighted by Crippen LogP contribution is 2.10. The van der Waals surface area contributed by atoms with Gasteiger partial charge in [0.05, 0.1) is 0 Å². The maximum atomic E-state index is 11.4. The van der Waals surface area contributed by atoms with Crippen LogP contribution in [-0.4, -0.2) is 24.6 Å². The van der Waals surface area contributed by atoms with Gasteiger partial charge in [0.1, 0.15) is 17.4 Å². The zero-order valence-corrected chi connectivity index (χ0v) is 8.24. The van der Waals surface area contributed by atoms with Crippen LogP contribution in [-0.2, 0) is 7.05 Å². The molecule has 0 spiro atoms. The maximum Gasteiger partial charge on any atom is 0.329 e. The van der Waals surface area contributed by atoms with E-state index < -0.39 is 17.4 Å². The largest absolute Gasteiger partial charge is 0.385 e. The van der Waals surface area contributed by atoms with E-state index in [1.807, 2.05) is 0 Å². The van der Waals surface area contributed by atoms with E-state index in [4.69, 9.17) is 0 Å². The number of nitrogens with one attached hydrogen (secondary N) is 2. The van der Waals surface area contributed by atoms with E-state index in [-0.39, 0.29) is 17.0 Å². The second-order valence-electron chi connectivity index (χ2n) is 3.31. The minimum absolute atomic E-state index is 0.188. The first-order valence-corrected chi connectivity index (χ1v) is 4.37. The Balaban J connectivity index is 2.92. The van der Waals surface area contributed by atoms with Gasteiger partial charge in [-0.05, 0) is 6.92 Å². The number of fused-ring (bicyclic) bond motifs is 1. The monoisotopic (exact) mass is 210 g/mol. The van der Waals surface area contributed by atoms with Crippen LogP contribution in [0.1, 0.15) is 18.9 Å². The van der Waals surface area contributed by atoms with Gasteiger partial charge in [0.15, 0.2) is 5.65 Å². The molecule has 0 amide bonds. The summed E-state index contributed by atoms with van der Waals surface area (Å²) in [7, 11) is 1.49. The second kappa shape index (κ2) is 3.06. The number of nitrogens with zero attached hydrogens (tertiary/aromatic N) is 2. The van der Waals surface area contributed by atoms with Crippen LogP contribution in [0, 0.1) is 0 Å². The van der Waals surface area contributed by atoms with E-state index in [1.54, 1.807) is 0 Å². The molecule has 0 saturated heterocycles. The quantitative estimate of drug-likeness (QED) is 0.561. The first-order valence-electron chi connectivity index (χ1n) is 4.37. The summed E-state index contributed by atoms with van der Waals surface area (Å²) in [6.07, 6.45) is -0.813. The maximum absolute atomic E-state index is 11.4. The van der Waals surface area contributed by atoms with Crippen molar-refractivity contribution in [2.24, 2.45) is 7.05 Å². The molecule has 2 aromatic rings. The van der Waals surface area contributed by atoms with E-state index in [1.165, 1.54) is 18.5 Å². The van der Waals surface area contributed by atoms with E-state index in [9.17, 15) is 14.7 Å². The van der Waals surface area contributed by atoms with Gasteiger partial charge in [0.2, 0.25) is 0 Å². The average molecular weight is 210 g/mol. The minimum Gasteiger partial charge on any atom is -0.385 e. The Labute approximate surface area is 83.4 Å². The Morgan fingerprint density at radius 3 is 2.67 bits per heavy atom. The van der Waals surface area contributed by atoms with Gasteiger partial charge in [-0.3, -0.25) is 14.3 Å². The molecule has 0 aliphatic heterocycles. The fourth-order valence-corrected chi connectivity index (χ4v) is 1.32. The summed E-state index contributed by atoms with van der Waals surface area (Å²) in [5.74, 6) is 0.261. The highest BCUT2D eigenvalue weighted by Gasteiger charge is 2.12. The van der Waals surface area contributed by atoms with Crippen molar-refractivity contribution in [3.8, 4) is 0 Å². The van der Waals surface area contributed by atoms with Crippen LogP contribution in [0.15, 0.2) is 9.59 Å². The van der Waals surface area contributed by atoms with Crippen molar-refractivity contribution in [3.05, 3.63) is 26.7 Å². The number of rotatable bonds is 1. The Morgan fingerprint density at radius 2 is 2.07 bits per heavy atom. The number of aryl methyl sites for hydroxylation is 1. The predicted molar refractivity (Wildman–Crippen MR) is 52.6 cm³/mol. The molecule has 2 heterocycles. The van der Waals surface area contributed by atoms with E-state index in [0.29, 0.717) is 0 Å². The highest BCUT2D eigenvalue weighted by atomic mass is 16.3. The van der Waals surface area contributed by atoms with Crippen molar-refractivity contribution in [3.63, 3.8) is 0 Å². The van der Waals surface area contributed by atoms with Crippen molar-refractivity contribution < 1.29 is 5.11 Å². The van der Waals surface area contributed by atoms with Gasteiger partial charge in [0, 0.05) is 7.05 Å². The lowest BCUT2D eigenvalue weighted by Crippen LogP contribution is -2.28. The summed E-state index contributed by atoms with van der Waals surface area (Å²) >= 11 is 0. The SMILES string of the molecule is C[C@H](O)c1nc2c([nH]1)c(=O)[nH]c(=O)n2C. The van der Waals surface area contributed by atoms with E-state index >= 15 is 0 Å². The number of aromatic amines is 2. The van der Waals surface area contributed by atoms with Crippen LogP contribution in [0.5, 0.6) is 0 Å². The molecule has 80 valence electrons. The molecule has 2 rings (SSSR count). The summed E-state index contributed by atoms with van der Waals surface area (Å²) in [5, 5.41) is 9.28. The Kier molecular flexibility index (Phi) is 1.97. The minimum atomic E-state index is -0.813. The van der Waals surface area contributed by atoms with Gasteiger partial charge in [0.25, 0.3) is 5.56 Å². The summed E-state index contributed by atoms with van der Waals surface area (Å²) in [6, 6.07) is 0. The summed E-state index contributed by atoms with van der Waals surface area (Å²) < 4.78 is 1.21. The summed E-state index contributed by atoms with van der Waals surface area (Å²) in [4.78, 5) is 31.4. The van der Waals surface area contributed by atoms with Crippen molar-refractivity contribution in [1.29, 1.82) is 0 Å². The molecule has 0 fully saturated rings. The smallest absolute Gasteiger partial charge is 0.329 e. The summed E-state index contributed by atoms with van der Waals surface area (Å²) in [6.45, 7) is 1.52. The first-order chi connectivity index (χ1) is 7.00. The first kappa shape index (κ1) is 9.66. The molecule has 7 nitrogen and oxygen atoms in total. The van der Waals surface area contributed by atoms with Crippen LogP contribution < -0.4 is 11.2 Å². The number of H-pyrrole nitrogens is 2. The second-order valence-corrected chi connectivity index (χ2v) is 3.31. The number of aliphatic hydroxyl groups is 1. The zero-order valence-electron chi connectivity index (χ0n) is 8.24. The number of aliphatic hydroxyl groups excluding tert-OH is 1. The molecule has 0 unspecified atom stereocenters. The summed E-state index contributed by atoms with van der Waals surface area (Å²) in [5.41, 5.74) is -0.642. The van der Waals surface area contributed by atoms with Crippen molar-refractivity contribution in [1.82, 2.24) is 19.5 Å². The van der Waals surface area contributed by atoms with Crippen LogP contribution in [0.2, 0.25) is 0 Å². The van der Waals surface area contributed by atoms with E-state index in [2.05, 4.69) is 15.0 Å². The molecule has 0 saturated carbocycles. The molecule has 1 atom stereocenters. The van der Waals surface area contributed by atoms with Crippen molar-refractivity contribution >= 4 is 11.2 Å². The highest BCUT2D eigenvalue weighted by molar-refractivity contribution is 5.69. The molecular weight excluding hydrogens is 200 g/mol. The van der Waals surface area contributed by atoms with Crippen LogP contribution in [0.3, 0.4) is 0 Å². The Morgan fingerprint density at radius 1 is 1.40 bits per heavy atom. The number of hydrogen-bond donors (Lipinski definition) is 3. The molecule has 7 heteroatoms. The molecule has 3 N–H and O–H groups in total. The predicted octanol–water partition coefficient (Wildman–Crippen LogP) is -0.997. The molecular formula is C8H10N4O3. The molecule has 0 aliphatic rings. The Bertz CT molecular complexity index is 619.